The highest BCUT2D eigenvalue weighted by Gasteiger charge is 2.36. The van der Waals surface area contributed by atoms with Crippen molar-refractivity contribution in [3.8, 4) is 11.1 Å². The number of halogens is 4. The van der Waals surface area contributed by atoms with E-state index in [4.69, 9.17) is 0 Å². The lowest BCUT2D eigenvalue weighted by Gasteiger charge is -2.17. The van der Waals surface area contributed by atoms with E-state index in [1.165, 1.54) is 22.7 Å². The molecular weight excluding hydrogens is 392 g/mol. The Balaban J connectivity index is 1.80. The van der Waals surface area contributed by atoms with Gasteiger partial charge in [0.2, 0.25) is 5.95 Å². The Hall–Kier alpha value is -3.41. The SMILES string of the molecule is CC(c1ccc(-c2cccc3c4ccccc4c4ncc(F)n4c23)cc1)C(F)(F)F. The van der Waals surface area contributed by atoms with E-state index in [0.29, 0.717) is 16.7 Å². The van der Waals surface area contributed by atoms with Gasteiger partial charge in [0.25, 0.3) is 0 Å². The highest BCUT2D eigenvalue weighted by Crippen LogP contribution is 2.38. The maximum Gasteiger partial charge on any atom is 0.395 e. The summed E-state index contributed by atoms with van der Waals surface area (Å²) >= 11 is 0. The second kappa shape index (κ2) is 6.55. The molecule has 0 N–H and O–H groups in total. The molecule has 2 nitrogen and oxygen atoms in total. The molecule has 0 aliphatic carbocycles. The van der Waals surface area contributed by atoms with Gasteiger partial charge in [0, 0.05) is 16.3 Å². The van der Waals surface area contributed by atoms with Crippen molar-refractivity contribution in [2.45, 2.75) is 19.0 Å². The molecule has 0 spiro atoms. The summed E-state index contributed by atoms with van der Waals surface area (Å²) in [6.07, 6.45) is -3.11. The predicted octanol–water partition coefficient (Wildman–Crippen LogP) is 7.11. The molecule has 3 aromatic carbocycles. The average Bonchev–Trinajstić information content (AvgIpc) is 3.14. The molecule has 5 aromatic rings. The van der Waals surface area contributed by atoms with Crippen LogP contribution in [0.4, 0.5) is 17.6 Å². The van der Waals surface area contributed by atoms with Crippen molar-refractivity contribution in [1.29, 1.82) is 0 Å². The summed E-state index contributed by atoms with van der Waals surface area (Å²) in [6.45, 7) is 1.14. The van der Waals surface area contributed by atoms with Gasteiger partial charge in [-0.25, -0.2) is 4.98 Å². The van der Waals surface area contributed by atoms with E-state index in [9.17, 15) is 17.6 Å². The summed E-state index contributed by atoms with van der Waals surface area (Å²) in [5.41, 5.74) is 2.77. The third kappa shape index (κ3) is 2.75. The molecule has 1 unspecified atom stereocenters. The largest absolute Gasteiger partial charge is 0.395 e. The Morgan fingerprint density at radius 2 is 1.50 bits per heavy atom. The molecule has 0 saturated carbocycles. The number of alkyl halides is 3. The Labute approximate surface area is 169 Å². The molecule has 0 amide bonds. The average molecular weight is 408 g/mol. The first-order valence-corrected chi connectivity index (χ1v) is 9.49. The quantitative estimate of drug-likeness (QED) is 0.225. The van der Waals surface area contributed by atoms with Gasteiger partial charge >= 0.3 is 6.18 Å². The second-order valence-electron chi connectivity index (χ2n) is 7.37. The van der Waals surface area contributed by atoms with Crippen molar-refractivity contribution in [3.63, 3.8) is 0 Å². The maximum atomic E-state index is 14.8. The summed E-state index contributed by atoms with van der Waals surface area (Å²) in [6, 6.07) is 19.6. The van der Waals surface area contributed by atoms with Crippen molar-refractivity contribution < 1.29 is 17.6 Å². The van der Waals surface area contributed by atoms with E-state index in [2.05, 4.69) is 4.98 Å². The fourth-order valence-electron chi connectivity index (χ4n) is 4.02. The van der Waals surface area contributed by atoms with Crippen molar-refractivity contribution in [3.05, 3.63) is 84.4 Å². The highest BCUT2D eigenvalue weighted by atomic mass is 19.4. The van der Waals surface area contributed by atoms with Crippen LogP contribution in [0.15, 0.2) is 72.9 Å². The fourth-order valence-corrected chi connectivity index (χ4v) is 4.02. The highest BCUT2D eigenvalue weighted by molar-refractivity contribution is 6.14. The lowest BCUT2D eigenvalue weighted by Crippen LogP contribution is -2.17. The number of imidazole rings is 1. The first kappa shape index (κ1) is 18.6. The van der Waals surface area contributed by atoms with E-state index >= 15 is 0 Å². The van der Waals surface area contributed by atoms with Crippen molar-refractivity contribution in [2.24, 2.45) is 0 Å². The van der Waals surface area contributed by atoms with Gasteiger partial charge in [-0.2, -0.15) is 17.6 Å². The lowest BCUT2D eigenvalue weighted by molar-refractivity contribution is -0.146. The topological polar surface area (TPSA) is 17.3 Å². The second-order valence-corrected chi connectivity index (χ2v) is 7.37. The molecule has 150 valence electrons. The van der Waals surface area contributed by atoms with E-state index < -0.39 is 18.0 Å². The van der Waals surface area contributed by atoms with Gasteiger partial charge in [-0.1, -0.05) is 66.7 Å². The van der Waals surface area contributed by atoms with Crippen molar-refractivity contribution >= 4 is 27.3 Å². The molecule has 0 aliphatic rings. The first-order chi connectivity index (χ1) is 14.4. The molecule has 0 saturated heterocycles. The Morgan fingerprint density at radius 3 is 2.20 bits per heavy atom. The summed E-state index contributed by atoms with van der Waals surface area (Å²) in [4.78, 5) is 4.26. The fraction of sp³-hybridized carbons (Fsp3) is 0.125. The number of nitrogens with zero attached hydrogens (tertiary/aromatic N) is 2. The van der Waals surface area contributed by atoms with Gasteiger partial charge in [-0.05, 0) is 23.4 Å². The first-order valence-electron chi connectivity index (χ1n) is 9.49. The van der Waals surface area contributed by atoms with Crippen molar-refractivity contribution in [1.82, 2.24) is 9.38 Å². The summed E-state index contributed by atoms with van der Waals surface area (Å²) in [7, 11) is 0. The van der Waals surface area contributed by atoms with Gasteiger partial charge in [0.15, 0.2) is 0 Å². The zero-order chi connectivity index (χ0) is 21.0. The summed E-state index contributed by atoms with van der Waals surface area (Å²) in [5.74, 6) is -2.05. The smallest absolute Gasteiger partial charge is 0.268 e. The minimum absolute atomic E-state index is 0.191. The van der Waals surface area contributed by atoms with E-state index in [-0.39, 0.29) is 5.56 Å². The monoisotopic (exact) mass is 408 g/mol. The summed E-state index contributed by atoms with van der Waals surface area (Å²) in [5, 5.41) is 2.62. The molecule has 2 heterocycles. The molecular formula is C24H16F4N2. The van der Waals surface area contributed by atoms with Crippen LogP contribution in [0, 0.1) is 5.95 Å². The number of fused-ring (bicyclic) bond motifs is 6. The van der Waals surface area contributed by atoms with Gasteiger partial charge in [-0.3, -0.25) is 4.40 Å². The number of pyridine rings is 1. The Bertz CT molecular complexity index is 1400. The number of hydrogen-bond acceptors (Lipinski definition) is 1. The van der Waals surface area contributed by atoms with E-state index in [1.807, 2.05) is 42.5 Å². The molecule has 0 bridgehead atoms. The zero-order valence-corrected chi connectivity index (χ0v) is 15.9. The number of para-hydroxylation sites is 1. The summed E-state index contributed by atoms with van der Waals surface area (Å²) < 4.78 is 55.4. The van der Waals surface area contributed by atoms with Crippen LogP contribution in [0.1, 0.15) is 18.4 Å². The zero-order valence-electron chi connectivity index (χ0n) is 15.9. The van der Waals surface area contributed by atoms with E-state index in [1.54, 1.807) is 12.1 Å². The molecule has 5 rings (SSSR count). The molecule has 1 atom stereocenters. The number of hydrogen-bond donors (Lipinski definition) is 0. The minimum Gasteiger partial charge on any atom is -0.268 e. The van der Waals surface area contributed by atoms with E-state index in [0.717, 1.165) is 28.6 Å². The minimum atomic E-state index is -4.30. The standard InChI is InChI=1S/C24H16F4N2/c1-14(24(26,27)28)15-9-11-16(12-10-15)17-7-4-8-19-18-5-2-3-6-20(18)23-29-13-21(25)30(23)22(17)19/h2-14H,1H3. The number of benzene rings is 3. The van der Waals surface area contributed by atoms with Crippen molar-refractivity contribution in [2.75, 3.05) is 0 Å². The molecule has 6 heteroatoms. The third-order valence-electron chi connectivity index (χ3n) is 5.65. The number of aromatic nitrogens is 2. The molecule has 2 aromatic heterocycles. The molecule has 30 heavy (non-hydrogen) atoms. The van der Waals surface area contributed by atoms with Crippen LogP contribution >= 0.6 is 0 Å². The van der Waals surface area contributed by atoms with Crippen LogP contribution in [-0.4, -0.2) is 15.6 Å². The Kier molecular flexibility index (Phi) is 4.07. The maximum absolute atomic E-state index is 14.8. The molecule has 0 aliphatic heterocycles. The van der Waals surface area contributed by atoms with Crippen LogP contribution < -0.4 is 0 Å². The van der Waals surface area contributed by atoms with Gasteiger partial charge < -0.3 is 0 Å². The molecule has 0 fully saturated rings. The lowest BCUT2D eigenvalue weighted by atomic mass is 9.95. The number of rotatable bonds is 2. The van der Waals surface area contributed by atoms with Crippen LogP contribution in [0.3, 0.4) is 0 Å². The molecule has 0 radical (unpaired) electrons. The normalized spacial score (nSPS) is 13.4. The van der Waals surface area contributed by atoms with Gasteiger partial charge in [-0.15, -0.1) is 0 Å². The van der Waals surface area contributed by atoms with Gasteiger partial charge in [0.05, 0.1) is 17.6 Å². The van der Waals surface area contributed by atoms with Crippen LogP contribution in [-0.2, 0) is 0 Å². The predicted molar refractivity (Wildman–Crippen MR) is 110 cm³/mol. The van der Waals surface area contributed by atoms with Gasteiger partial charge in [0.1, 0.15) is 5.65 Å². The van der Waals surface area contributed by atoms with Crippen LogP contribution in [0.2, 0.25) is 0 Å². The van der Waals surface area contributed by atoms with Crippen LogP contribution in [0.5, 0.6) is 0 Å². The third-order valence-corrected chi connectivity index (χ3v) is 5.65. The Morgan fingerprint density at radius 1 is 0.833 bits per heavy atom. The van der Waals surface area contributed by atoms with Crippen LogP contribution in [0.25, 0.3) is 38.4 Å².